The summed E-state index contributed by atoms with van der Waals surface area (Å²) in [6, 6.07) is 2.45. The minimum atomic E-state index is 0.451. The Balaban J connectivity index is 1.99. The molecule has 2 heterocycles. The molecule has 0 atom stereocenters. The van der Waals surface area contributed by atoms with Crippen molar-refractivity contribution in [1.29, 1.82) is 0 Å². The first kappa shape index (κ1) is 14.5. The molecule has 0 aromatic carbocycles. The molecule has 1 N–H and O–H groups in total. The largest absolute Gasteiger partial charge is 0.452 e. The molecular weight excluding hydrogens is 252 g/mol. The lowest BCUT2D eigenvalue weighted by Crippen LogP contribution is -2.21. The number of hydrogen-bond acceptors (Lipinski definition) is 4. The number of pyridine rings is 1. The number of ether oxygens (including phenoxy) is 1. The molecule has 0 radical (unpaired) electrons. The predicted octanol–water partition coefficient (Wildman–Crippen LogP) is 2.98. The zero-order chi connectivity index (χ0) is 14.4. The molecule has 0 amide bonds. The van der Waals surface area contributed by atoms with Gasteiger partial charge in [0.2, 0.25) is 0 Å². The second-order valence-corrected chi connectivity index (χ2v) is 5.11. The highest BCUT2D eigenvalue weighted by Crippen LogP contribution is 2.20. The smallest absolute Gasteiger partial charge is 0.165 e. The van der Waals surface area contributed by atoms with Crippen LogP contribution >= 0.6 is 0 Å². The van der Waals surface area contributed by atoms with Crippen LogP contribution in [0.2, 0.25) is 0 Å². The van der Waals surface area contributed by atoms with Crippen molar-refractivity contribution in [3.63, 3.8) is 0 Å². The minimum absolute atomic E-state index is 0.451. The van der Waals surface area contributed by atoms with Gasteiger partial charge in [-0.05, 0) is 18.1 Å². The molecule has 0 aliphatic heterocycles. The second-order valence-electron chi connectivity index (χ2n) is 5.11. The quantitative estimate of drug-likeness (QED) is 0.843. The molecule has 0 bridgehead atoms. The third-order valence-electron chi connectivity index (χ3n) is 2.78. The zero-order valence-corrected chi connectivity index (χ0v) is 12.3. The molecule has 0 spiro atoms. The molecule has 5 nitrogen and oxygen atoms in total. The maximum Gasteiger partial charge on any atom is 0.165 e. The van der Waals surface area contributed by atoms with Crippen LogP contribution in [0.1, 0.15) is 32.8 Å². The van der Waals surface area contributed by atoms with Gasteiger partial charge in [0, 0.05) is 25.3 Å². The molecule has 108 valence electrons. The van der Waals surface area contributed by atoms with Gasteiger partial charge in [-0.1, -0.05) is 20.8 Å². The number of hydrogen-bond donors (Lipinski definition) is 1. The van der Waals surface area contributed by atoms with E-state index in [0.717, 1.165) is 36.6 Å². The Bertz CT molecular complexity index is 536. The lowest BCUT2D eigenvalue weighted by atomic mass is 10.2. The highest BCUT2D eigenvalue weighted by atomic mass is 16.5. The van der Waals surface area contributed by atoms with E-state index in [1.54, 1.807) is 12.4 Å². The highest BCUT2D eigenvalue weighted by Gasteiger charge is 2.03. The fourth-order valence-corrected chi connectivity index (χ4v) is 1.82. The number of aromatic nitrogens is 3. The third-order valence-corrected chi connectivity index (χ3v) is 2.78. The van der Waals surface area contributed by atoms with Crippen molar-refractivity contribution in [3.8, 4) is 11.5 Å². The Morgan fingerprint density at radius 1 is 1.25 bits per heavy atom. The van der Waals surface area contributed by atoms with E-state index in [1.807, 2.05) is 23.1 Å². The van der Waals surface area contributed by atoms with Crippen molar-refractivity contribution in [3.05, 3.63) is 36.4 Å². The molecule has 2 aromatic heterocycles. The standard InChI is InChI=1S/C15H22N4O/c1-4-5-19-11-15(10-18-19)20-14-6-13(7-16-9-14)8-17-12(2)3/h6-7,9-12,17H,4-5,8H2,1-3H3. The zero-order valence-electron chi connectivity index (χ0n) is 12.3. The van der Waals surface area contributed by atoms with Crippen LogP contribution < -0.4 is 10.1 Å². The molecule has 2 aromatic rings. The summed E-state index contributed by atoms with van der Waals surface area (Å²) in [6.45, 7) is 8.06. The van der Waals surface area contributed by atoms with Crippen LogP contribution in [-0.4, -0.2) is 20.8 Å². The summed E-state index contributed by atoms with van der Waals surface area (Å²) in [4.78, 5) is 4.21. The number of nitrogens with zero attached hydrogens (tertiary/aromatic N) is 3. The topological polar surface area (TPSA) is 52.0 Å². The molecule has 0 aliphatic rings. The molecule has 0 saturated heterocycles. The SMILES string of the molecule is CCCn1cc(Oc2cncc(CNC(C)C)c2)cn1. The van der Waals surface area contributed by atoms with Gasteiger partial charge in [-0.2, -0.15) is 5.10 Å². The molecule has 5 heteroatoms. The number of rotatable bonds is 7. The van der Waals surface area contributed by atoms with Crippen LogP contribution in [0.15, 0.2) is 30.9 Å². The molecule has 0 unspecified atom stereocenters. The Hall–Kier alpha value is -1.88. The van der Waals surface area contributed by atoms with E-state index in [1.165, 1.54) is 0 Å². The highest BCUT2D eigenvalue weighted by molar-refractivity contribution is 5.28. The third kappa shape index (κ3) is 4.35. The van der Waals surface area contributed by atoms with Gasteiger partial charge in [0.15, 0.2) is 5.75 Å². The van der Waals surface area contributed by atoms with Crippen LogP contribution in [-0.2, 0) is 13.1 Å². The van der Waals surface area contributed by atoms with Gasteiger partial charge in [0.1, 0.15) is 5.75 Å². The predicted molar refractivity (Wildman–Crippen MR) is 78.8 cm³/mol. The minimum Gasteiger partial charge on any atom is -0.452 e. The maximum absolute atomic E-state index is 5.78. The average molecular weight is 274 g/mol. The van der Waals surface area contributed by atoms with Gasteiger partial charge >= 0.3 is 0 Å². The van der Waals surface area contributed by atoms with Gasteiger partial charge in [0.05, 0.1) is 18.6 Å². The normalized spacial score (nSPS) is 11.0. The van der Waals surface area contributed by atoms with E-state index in [4.69, 9.17) is 4.74 Å². The lowest BCUT2D eigenvalue weighted by Gasteiger charge is -2.09. The van der Waals surface area contributed by atoms with Gasteiger partial charge in [0.25, 0.3) is 0 Å². The van der Waals surface area contributed by atoms with Gasteiger partial charge in [-0.3, -0.25) is 9.67 Å². The Labute approximate surface area is 120 Å². The van der Waals surface area contributed by atoms with E-state index in [-0.39, 0.29) is 0 Å². The van der Waals surface area contributed by atoms with Crippen LogP contribution in [0.4, 0.5) is 0 Å². The molecule has 0 fully saturated rings. The summed E-state index contributed by atoms with van der Waals surface area (Å²) in [6.07, 6.45) is 8.26. The monoisotopic (exact) mass is 274 g/mol. The summed E-state index contributed by atoms with van der Waals surface area (Å²) in [5.74, 6) is 1.48. The van der Waals surface area contributed by atoms with E-state index in [9.17, 15) is 0 Å². The first-order valence-electron chi connectivity index (χ1n) is 7.05. The van der Waals surface area contributed by atoms with Crippen LogP contribution in [0, 0.1) is 0 Å². The lowest BCUT2D eigenvalue weighted by molar-refractivity contribution is 0.476. The van der Waals surface area contributed by atoms with E-state index in [2.05, 4.69) is 36.2 Å². The fourth-order valence-electron chi connectivity index (χ4n) is 1.82. The van der Waals surface area contributed by atoms with Crippen molar-refractivity contribution in [1.82, 2.24) is 20.1 Å². The summed E-state index contributed by atoms with van der Waals surface area (Å²) >= 11 is 0. The fraction of sp³-hybridized carbons (Fsp3) is 0.467. The van der Waals surface area contributed by atoms with E-state index >= 15 is 0 Å². The first-order valence-corrected chi connectivity index (χ1v) is 7.05. The Morgan fingerprint density at radius 3 is 2.85 bits per heavy atom. The van der Waals surface area contributed by atoms with Crippen LogP contribution in [0.25, 0.3) is 0 Å². The van der Waals surface area contributed by atoms with Crippen LogP contribution in [0.5, 0.6) is 11.5 Å². The summed E-state index contributed by atoms with van der Waals surface area (Å²) in [5, 5.41) is 7.60. The van der Waals surface area contributed by atoms with Crippen molar-refractivity contribution in [2.45, 2.75) is 46.3 Å². The molecule has 2 rings (SSSR count). The van der Waals surface area contributed by atoms with Gasteiger partial charge in [-0.25, -0.2) is 0 Å². The van der Waals surface area contributed by atoms with Crippen molar-refractivity contribution >= 4 is 0 Å². The molecule has 20 heavy (non-hydrogen) atoms. The van der Waals surface area contributed by atoms with Crippen molar-refractivity contribution in [2.75, 3.05) is 0 Å². The summed E-state index contributed by atoms with van der Waals surface area (Å²) in [7, 11) is 0. The van der Waals surface area contributed by atoms with Crippen LogP contribution in [0.3, 0.4) is 0 Å². The Kier molecular flexibility index (Phi) is 5.12. The van der Waals surface area contributed by atoms with Gasteiger partial charge in [-0.15, -0.1) is 0 Å². The van der Waals surface area contributed by atoms with E-state index < -0.39 is 0 Å². The van der Waals surface area contributed by atoms with Gasteiger partial charge < -0.3 is 10.1 Å². The number of aryl methyl sites for hydroxylation is 1. The summed E-state index contributed by atoms with van der Waals surface area (Å²) in [5.41, 5.74) is 1.11. The number of nitrogens with one attached hydrogen (secondary N) is 1. The molecular formula is C15H22N4O. The first-order chi connectivity index (χ1) is 9.67. The van der Waals surface area contributed by atoms with Crippen molar-refractivity contribution in [2.24, 2.45) is 0 Å². The second kappa shape index (κ2) is 7.05. The van der Waals surface area contributed by atoms with Crippen molar-refractivity contribution < 1.29 is 4.74 Å². The van der Waals surface area contributed by atoms with E-state index in [0.29, 0.717) is 6.04 Å². The Morgan fingerprint density at radius 2 is 2.10 bits per heavy atom. The molecule has 0 saturated carbocycles. The average Bonchev–Trinajstić information content (AvgIpc) is 2.85. The maximum atomic E-state index is 5.78. The molecule has 0 aliphatic carbocycles. The summed E-state index contributed by atoms with van der Waals surface area (Å²) < 4.78 is 7.66.